The van der Waals surface area contributed by atoms with Gasteiger partial charge in [-0.1, -0.05) is 29.8 Å². The topological polar surface area (TPSA) is 69.2 Å². The minimum absolute atomic E-state index is 0.00297. The summed E-state index contributed by atoms with van der Waals surface area (Å²) in [5.74, 6) is -0.723. The highest BCUT2D eigenvalue weighted by Crippen LogP contribution is 2.26. The van der Waals surface area contributed by atoms with E-state index < -0.39 is 24.7 Å². The van der Waals surface area contributed by atoms with Crippen molar-refractivity contribution in [2.24, 2.45) is 0 Å². The fourth-order valence-corrected chi connectivity index (χ4v) is 2.12. The molecule has 0 saturated carbocycles. The molecule has 0 spiro atoms. The zero-order valence-corrected chi connectivity index (χ0v) is 12.7. The van der Waals surface area contributed by atoms with Gasteiger partial charge in [0.15, 0.2) is 6.10 Å². The molecule has 2 aromatic rings. The van der Waals surface area contributed by atoms with E-state index in [0.717, 1.165) is 11.9 Å². The van der Waals surface area contributed by atoms with Crippen LogP contribution in [0.2, 0.25) is 5.02 Å². The summed E-state index contributed by atoms with van der Waals surface area (Å²) in [7, 11) is 1.16. The second kappa shape index (κ2) is 6.59. The van der Waals surface area contributed by atoms with Crippen LogP contribution in [0.1, 0.15) is 10.5 Å². The van der Waals surface area contributed by atoms with Crippen LogP contribution in [-0.2, 0) is 0 Å². The lowest BCUT2D eigenvalue weighted by molar-refractivity contribution is -0.205. The van der Waals surface area contributed by atoms with Crippen LogP contribution in [0.5, 0.6) is 0 Å². The SMILES string of the molecule is CN(CC(O)C(F)(F)F)C(=O)c1cc(-c2ccccc2Cl)n[nH]1. The van der Waals surface area contributed by atoms with Gasteiger partial charge < -0.3 is 10.0 Å². The number of aromatic amines is 1. The molecule has 9 heteroatoms. The van der Waals surface area contributed by atoms with Crippen molar-refractivity contribution in [2.75, 3.05) is 13.6 Å². The molecule has 0 aliphatic carbocycles. The smallest absolute Gasteiger partial charge is 0.382 e. The number of amides is 1. The van der Waals surface area contributed by atoms with E-state index in [9.17, 15) is 18.0 Å². The maximum Gasteiger partial charge on any atom is 0.416 e. The molecule has 1 aromatic heterocycles. The van der Waals surface area contributed by atoms with Crippen LogP contribution in [0, 0.1) is 0 Å². The van der Waals surface area contributed by atoms with Crippen LogP contribution < -0.4 is 0 Å². The van der Waals surface area contributed by atoms with Gasteiger partial charge in [-0.2, -0.15) is 18.3 Å². The van der Waals surface area contributed by atoms with Gasteiger partial charge in [-0.25, -0.2) is 0 Å². The first-order valence-electron chi connectivity index (χ1n) is 6.50. The quantitative estimate of drug-likeness (QED) is 0.893. The molecule has 2 rings (SSSR count). The van der Waals surface area contributed by atoms with Crippen molar-refractivity contribution in [2.45, 2.75) is 12.3 Å². The maximum atomic E-state index is 12.3. The Kier molecular flexibility index (Phi) is 4.96. The number of aliphatic hydroxyl groups is 1. The van der Waals surface area contributed by atoms with E-state index in [1.165, 1.54) is 6.07 Å². The Morgan fingerprint density at radius 2 is 2.09 bits per heavy atom. The molecule has 0 aliphatic rings. The van der Waals surface area contributed by atoms with Crippen LogP contribution in [0.4, 0.5) is 13.2 Å². The number of carbonyl (C=O) groups excluding carboxylic acids is 1. The van der Waals surface area contributed by atoms with Crippen molar-refractivity contribution in [3.05, 3.63) is 41.0 Å². The number of nitrogens with zero attached hydrogens (tertiary/aromatic N) is 2. The van der Waals surface area contributed by atoms with Crippen molar-refractivity contribution in [1.29, 1.82) is 0 Å². The van der Waals surface area contributed by atoms with Crippen LogP contribution in [0.3, 0.4) is 0 Å². The Labute approximate surface area is 134 Å². The molecular formula is C14H13ClF3N3O2. The number of likely N-dealkylation sites (N-methyl/N-ethyl adjacent to an activating group) is 1. The summed E-state index contributed by atoms with van der Waals surface area (Å²) in [6.45, 7) is -0.872. The summed E-state index contributed by atoms with van der Waals surface area (Å²) >= 11 is 6.02. The van der Waals surface area contributed by atoms with Crippen molar-refractivity contribution in [3.63, 3.8) is 0 Å². The Morgan fingerprint density at radius 3 is 2.70 bits per heavy atom. The van der Waals surface area contributed by atoms with Crippen molar-refractivity contribution in [3.8, 4) is 11.3 Å². The van der Waals surface area contributed by atoms with Crippen molar-refractivity contribution >= 4 is 17.5 Å². The van der Waals surface area contributed by atoms with Crippen LogP contribution in [-0.4, -0.2) is 52.0 Å². The van der Waals surface area contributed by atoms with Crippen molar-refractivity contribution in [1.82, 2.24) is 15.1 Å². The molecule has 1 unspecified atom stereocenters. The first-order chi connectivity index (χ1) is 10.7. The third-order valence-electron chi connectivity index (χ3n) is 3.13. The minimum Gasteiger partial charge on any atom is -0.382 e. The summed E-state index contributed by atoms with van der Waals surface area (Å²) in [6, 6.07) is 8.21. The molecular weight excluding hydrogens is 335 g/mol. The molecule has 0 radical (unpaired) electrons. The molecule has 1 atom stereocenters. The lowest BCUT2D eigenvalue weighted by Gasteiger charge is -2.21. The monoisotopic (exact) mass is 347 g/mol. The molecule has 1 aromatic carbocycles. The Bertz CT molecular complexity index is 703. The van der Waals surface area contributed by atoms with E-state index in [4.69, 9.17) is 16.7 Å². The summed E-state index contributed by atoms with van der Waals surface area (Å²) in [5, 5.41) is 15.8. The zero-order valence-electron chi connectivity index (χ0n) is 11.9. The second-order valence-corrected chi connectivity index (χ2v) is 5.30. The number of halogens is 4. The van der Waals surface area contributed by atoms with E-state index in [0.29, 0.717) is 16.3 Å². The van der Waals surface area contributed by atoms with E-state index in [-0.39, 0.29) is 5.69 Å². The number of hydrogen-bond acceptors (Lipinski definition) is 3. The first-order valence-corrected chi connectivity index (χ1v) is 6.88. The predicted molar refractivity (Wildman–Crippen MR) is 78.1 cm³/mol. The molecule has 2 N–H and O–H groups in total. The third-order valence-corrected chi connectivity index (χ3v) is 3.46. The molecule has 1 amide bonds. The van der Waals surface area contributed by atoms with E-state index in [1.807, 2.05) is 0 Å². The molecule has 0 aliphatic heterocycles. The number of rotatable bonds is 4. The number of alkyl halides is 3. The zero-order chi connectivity index (χ0) is 17.2. The number of nitrogens with one attached hydrogen (secondary N) is 1. The van der Waals surface area contributed by atoms with Gasteiger partial charge in [0, 0.05) is 12.6 Å². The largest absolute Gasteiger partial charge is 0.416 e. The van der Waals surface area contributed by atoms with Gasteiger partial charge in [0.25, 0.3) is 5.91 Å². The third kappa shape index (κ3) is 4.02. The van der Waals surface area contributed by atoms with Gasteiger partial charge in [0.1, 0.15) is 5.69 Å². The lowest BCUT2D eigenvalue weighted by atomic mass is 10.1. The maximum absolute atomic E-state index is 12.3. The van der Waals surface area contributed by atoms with Crippen LogP contribution in [0.15, 0.2) is 30.3 Å². The summed E-state index contributed by atoms with van der Waals surface area (Å²) in [5.41, 5.74) is 0.975. The molecule has 124 valence electrons. The Morgan fingerprint density at radius 1 is 1.43 bits per heavy atom. The number of aromatic nitrogens is 2. The Balaban J connectivity index is 2.14. The second-order valence-electron chi connectivity index (χ2n) is 4.89. The fourth-order valence-electron chi connectivity index (χ4n) is 1.89. The Hall–Kier alpha value is -2.06. The molecule has 0 bridgehead atoms. The lowest BCUT2D eigenvalue weighted by Crippen LogP contribution is -2.41. The predicted octanol–water partition coefficient (Wildman–Crippen LogP) is 2.73. The molecule has 0 fully saturated rings. The summed E-state index contributed by atoms with van der Waals surface area (Å²) < 4.78 is 37.0. The van der Waals surface area contributed by atoms with Crippen LogP contribution in [0.25, 0.3) is 11.3 Å². The van der Waals surface area contributed by atoms with Crippen molar-refractivity contribution < 1.29 is 23.1 Å². The molecule has 1 heterocycles. The standard InChI is InChI=1S/C14H13ClF3N3O2/c1-21(7-12(22)14(16,17)18)13(23)11-6-10(19-20-11)8-4-2-3-5-9(8)15/h2-6,12,22H,7H2,1H3,(H,19,20). The van der Waals surface area contributed by atoms with Crippen LogP contribution >= 0.6 is 11.6 Å². The fraction of sp³-hybridized carbons (Fsp3) is 0.286. The van der Waals surface area contributed by atoms with E-state index in [1.54, 1.807) is 24.3 Å². The number of benzene rings is 1. The van der Waals surface area contributed by atoms with Gasteiger partial charge in [-0.15, -0.1) is 0 Å². The summed E-state index contributed by atoms with van der Waals surface area (Å²) in [6.07, 6.45) is -7.40. The van der Waals surface area contributed by atoms with Gasteiger partial charge in [0.05, 0.1) is 17.3 Å². The first kappa shape index (κ1) is 17.3. The highest BCUT2D eigenvalue weighted by Gasteiger charge is 2.39. The van der Waals surface area contributed by atoms with E-state index >= 15 is 0 Å². The van der Waals surface area contributed by atoms with E-state index in [2.05, 4.69) is 10.2 Å². The summed E-state index contributed by atoms with van der Waals surface area (Å²) in [4.78, 5) is 12.8. The van der Waals surface area contributed by atoms with Gasteiger partial charge in [-0.3, -0.25) is 9.89 Å². The highest BCUT2D eigenvalue weighted by atomic mass is 35.5. The number of H-pyrrole nitrogens is 1. The average molecular weight is 348 g/mol. The van der Waals surface area contributed by atoms with Gasteiger partial charge in [-0.05, 0) is 12.1 Å². The number of hydrogen-bond donors (Lipinski definition) is 2. The average Bonchev–Trinajstić information content (AvgIpc) is 2.95. The van der Waals surface area contributed by atoms with Gasteiger partial charge in [0.2, 0.25) is 0 Å². The normalized spacial score (nSPS) is 13.0. The molecule has 23 heavy (non-hydrogen) atoms. The number of aliphatic hydroxyl groups excluding tert-OH is 1. The molecule has 5 nitrogen and oxygen atoms in total. The number of carbonyl (C=O) groups is 1. The highest BCUT2D eigenvalue weighted by molar-refractivity contribution is 6.33. The van der Waals surface area contributed by atoms with Gasteiger partial charge >= 0.3 is 6.18 Å². The molecule has 0 saturated heterocycles. The minimum atomic E-state index is -4.79.